The van der Waals surface area contributed by atoms with Crippen LogP contribution in [0, 0.1) is 6.57 Å². The van der Waals surface area contributed by atoms with Gasteiger partial charge in [-0.2, -0.15) is 0 Å². The summed E-state index contributed by atoms with van der Waals surface area (Å²) >= 11 is 0. The molecular formula is C12H11NO3. The van der Waals surface area contributed by atoms with Gasteiger partial charge in [0.2, 0.25) is 5.76 Å². The highest BCUT2D eigenvalue weighted by Gasteiger charge is 2.07. The summed E-state index contributed by atoms with van der Waals surface area (Å²) in [5.41, 5.74) is 1.21. The second-order valence-electron chi connectivity index (χ2n) is 2.95. The molecule has 0 spiro atoms. The molecule has 1 N–H and O–H groups in total. The lowest BCUT2D eigenvalue weighted by Gasteiger charge is -2.03. The minimum absolute atomic E-state index is 0.0990. The van der Waals surface area contributed by atoms with Gasteiger partial charge in [-0.05, 0) is 18.6 Å². The molecule has 0 radical (unpaired) electrons. The van der Waals surface area contributed by atoms with Crippen LogP contribution in [-0.4, -0.2) is 17.7 Å². The normalized spacial score (nSPS) is 10.6. The first-order chi connectivity index (χ1) is 7.67. The number of rotatable bonds is 4. The van der Waals surface area contributed by atoms with Crippen LogP contribution in [0.2, 0.25) is 0 Å². The Morgan fingerprint density at radius 3 is 2.56 bits per heavy atom. The van der Waals surface area contributed by atoms with Crippen molar-refractivity contribution in [2.24, 2.45) is 0 Å². The quantitative estimate of drug-likeness (QED) is 0.479. The van der Waals surface area contributed by atoms with Crippen LogP contribution < -0.4 is 0 Å². The molecule has 1 rings (SSSR count). The van der Waals surface area contributed by atoms with Gasteiger partial charge in [0.15, 0.2) is 5.69 Å². The van der Waals surface area contributed by atoms with E-state index in [1.54, 1.807) is 31.2 Å². The van der Waals surface area contributed by atoms with Crippen LogP contribution in [0.5, 0.6) is 0 Å². The van der Waals surface area contributed by atoms with Crippen molar-refractivity contribution in [1.29, 1.82) is 0 Å². The van der Waals surface area contributed by atoms with E-state index in [-0.39, 0.29) is 5.76 Å². The number of nitrogens with zero attached hydrogens (tertiary/aromatic N) is 1. The zero-order valence-electron chi connectivity index (χ0n) is 8.80. The lowest BCUT2D eigenvalue weighted by Crippen LogP contribution is -2.04. The molecule has 0 bridgehead atoms. The predicted molar refractivity (Wildman–Crippen MR) is 59.9 cm³/mol. The number of hydrogen-bond donors (Lipinski definition) is 1. The summed E-state index contributed by atoms with van der Waals surface area (Å²) in [7, 11) is 0. The highest BCUT2D eigenvalue weighted by atomic mass is 16.5. The van der Waals surface area contributed by atoms with Gasteiger partial charge in [-0.1, -0.05) is 24.3 Å². The summed E-state index contributed by atoms with van der Waals surface area (Å²) in [6.45, 7) is 8.81. The number of benzene rings is 1. The van der Waals surface area contributed by atoms with Crippen molar-refractivity contribution in [3.8, 4) is 0 Å². The molecule has 82 valence electrons. The van der Waals surface area contributed by atoms with Crippen LogP contribution in [0.1, 0.15) is 12.5 Å². The topological polar surface area (TPSA) is 50.9 Å². The molecule has 0 aliphatic rings. The third-order valence-corrected chi connectivity index (χ3v) is 1.83. The fraction of sp³-hybridized carbons (Fsp3) is 0.167. The summed E-state index contributed by atoms with van der Waals surface area (Å²) in [5.74, 6) is -1.20. The number of carbonyl (C=O) groups is 1. The van der Waals surface area contributed by atoms with Crippen molar-refractivity contribution >= 4 is 17.7 Å². The van der Waals surface area contributed by atoms with E-state index in [4.69, 9.17) is 16.4 Å². The maximum absolute atomic E-state index is 10.8. The Morgan fingerprint density at radius 2 is 2.12 bits per heavy atom. The third kappa shape index (κ3) is 3.14. The van der Waals surface area contributed by atoms with Gasteiger partial charge < -0.3 is 9.84 Å². The van der Waals surface area contributed by atoms with E-state index in [0.29, 0.717) is 17.9 Å². The van der Waals surface area contributed by atoms with Crippen LogP contribution in [0.3, 0.4) is 0 Å². The zero-order chi connectivity index (χ0) is 12.0. The molecule has 0 amide bonds. The molecular weight excluding hydrogens is 206 g/mol. The average Bonchev–Trinajstić information content (AvgIpc) is 2.29. The molecule has 0 heterocycles. The molecule has 0 aromatic heterocycles. The largest absolute Gasteiger partial charge is 0.487 e. The predicted octanol–water partition coefficient (Wildman–Crippen LogP) is 2.70. The molecule has 0 saturated heterocycles. The van der Waals surface area contributed by atoms with Crippen molar-refractivity contribution in [2.75, 3.05) is 6.61 Å². The Bertz CT molecular complexity index is 440. The summed E-state index contributed by atoms with van der Waals surface area (Å²) in [6, 6.07) is 6.61. The molecule has 4 heteroatoms. The average molecular weight is 217 g/mol. The van der Waals surface area contributed by atoms with Gasteiger partial charge in [-0.3, -0.25) is 0 Å². The lowest BCUT2D eigenvalue weighted by molar-refractivity contribution is -0.136. The Morgan fingerprint density at radius 1 is 1.50 bits per heavy atom. The van der Waals surface area contributed by atoms with Crippen LogP contribution in [0.4, 0.5) is 5.69 Å². The molecule has 0 aliphatic carbocycles. The van der Waals surface area contributed by atoms with Crippen molar-refractivity contribution < 1.29 is 14.6 Å². The molecule has 0 unspecified atom stereocenters. The van der Waals surface area contributed by atoms with Crippen LogP contribution in [0.25, 0.3) is 10.9 Å². The first-order valence-electron chi connectivity index (χ1n) is 4.72. The molecule has 16 heavy (non-hydrogen) atoms. The molecule has 0 saturated carbocycles. The number of aliphatic carboxylic acids is 1. The molecule has 0 fully saturated rings. The van der Waals surface area contributed by atoms with E-state index in [9.17, 15) is 4.79 Å². The minimum Gasteiger partial charge on any atom is -0.487 e. The Kier molecular flexibility index (Phi) is 4.10. The first kappa shape index (κ1) is 11.8. The van der Waals surface area contributed by atoms with Gasteiger partial charge in [0.1, 0.15) is 0 Å². The first-order valence-corrected chi connectivity index (χ1v) is 4.72. The molecule has 0 atom stereocenters. The van der Waals surface area contributed by atoms with E-state index in [0.717, 1.165) is 0 Å². The molecule has 1 aromatic carbocycles. The highest BCUT2D eigenvalue weighted by Crippen LogP contribution is 2.15. The van der Waals surface area contributed by atoms with Crippen LogP contribution in [-0.2, 0) is 9.53 Å². The smallest absolute Gasteiger partial charge is 0.371 e. The van der Waals surface area contributed by atoms with Gasteiger partial charge in [-0.25, -0.2) is 9.64 Å². The lowest BCUT2D eigenvalue weighted by atomic mass is 10.2. The summed E-state index contributed by atoms with van der Waals surface area (Å²) in [5, 5.41) is 8.82. The van der Waals surface area contributed by atoms with E-state index < -0.39 is 5.97 Å². The fourth-order valence-corrected chi connectivity index (χ4v) is 1.12. The van der Waals surface area contributed by atoms with Crippen molar-refractivity contribution in [1.82, 2.24) is 0 Å². The SMILES string of the molecule is [C-]#[N+]c1ccc(/C=C(\OCC)C(=O)O)cc1. The zero-order valence-corrected chi connectivity index (χ0v) is 8.80. The van der Waals surface area contributed by atoms with Crippen LogP contribution >= 0.6 is 0 Å². The summed E-state index contributed by atoms with van der Waals surface area (Å²) in [6.07, 6.45) is 1.43. The maximum atomic E-state index is 10.8. The Balaban J connectivity index is 2.95. The second kappa shape index (κ2) is 5.56. The number of carboxylic acid groups (broad SMARTS) is 1. The monoisotopic (exact) mass is 217 g/mol. The molecule has 0 aliphatic heterocycles. The maximum Gasteiger partial charge on any atom is 0.371 e. The highest BCUT2D eigenvalue weighted by molar-refractivity contribution is 5.89. The number of carboxylic acids is 1. The van der Waals surface area contributed by atoms with E-state index in [1.165, 1.54) is 6.08 Å². The minimum atomic E-state index is -1.10. The van der Waals surface area contributed by atoms with Gasteiger partial charge in [0.25, 0.3) is 0 Å². The van der Waals surface area contributed by atoms with Gasteiger partial charge in [0.05, 0.1) is 13.2 Å². The standard InChI is InChI=1S/C12H11NO3/c1-3-16-11(12(14)15)8-9-4-6-10(13-2)7-5-9/h4-8H,3H2,1H3,(H,14,15)/b11-8-. The summed E-state index contributed by atoms with van der Waals surface area (Å²) < 4.78 is 4.96. The number of ether oxygens (including phenoxy) is 1. The van der Waals surface area contributed by atoms with Gasteiger partial charge >= 0.3 is 5.97 Å². The summed E-state index contributed by atoms with van der Waals surface area (Å²) in [4.78, 5) is 14.0. The van der Waals surface area contributed by atoms with Crippen molar-refractivity contribution in [3.63, 3.8) is 0 Å². The second-order valence-corrected chi connectivity index (χ2v) is 2.95. The number of hydrogen-bond acceptors (Lipinski definition) is 2. The third-order valence-electron chi connectivity index (χ3n) is 1.83. The van der Waals surface area contributed by atoms with E-state index in [2.05, 4.69) is 4.85 Å². The Hall–Kier alpha value is -2.28. The molecule has 1 aromatic rings. The van der Waals surface area contributed by atoms with Gasteiger partial charge in [-0.15, -0.1) is 0 Å². The van der Waals surface area contributed by atoms with E-state index in [1.807, 2.05) is 0 Å². The van der Waals surface area contributed by atoms with Gasteiger partial charge in [0, 0.05) is 0 Å². The van der Waals surface area contributed by atoms with E-state index >= 15 is 0 Å². The molecule has 4 nitrogen and oxygen atoms in total. The van der Waals surface area contributed by atoms with Crippen LogP contribution in [0.15, 0.2) is 30.0 Å². The van der Waals surface area contributed by atoms with Crippen molar-refractivity contribution in [2.45, 2.75) is 6.92 Å². The fourth-order valence-electron chi connectivity index (χ4n) is 1.12. The van der Waals surface area contributed by atoms with Crippen molar-refractivity contribution in [3.05, 3.63) is 47.0 Å². The Labute approximate surface area is 93.6 Å².